The lowest BCUT2D eigenvalue weighted by Crippen LogP contribution is -2.29. The number of nitro groups is 1. The van der Waals surface area contributed by atoms with Crippen molar-refractivity contribution < 1.29 is 19.2 Å². The average Bonchev–Trinajstić information content (AvgIpc) is 2.34. The van der Waals surface area contributed by atoms with Gasteiger partial charge in [0.25, 0.3) is 5.91 Å². The SMILES string of the molecule is CC(O)CCN(C)C(=O)c1ccc([N+](=O)[O-])c(F)c1. The third-order valence-corrected chi connectivity index (χ3v) is 2.62. The third kappa shape index (κ3) is 3.99. The van der Waals surface area contributed by atoms with Gasteiger partial charge < -0.3 is 10.0 Å². The van der Waals surface area contributed by atoms with Gasteiger partial charge in [0.2, 0.25) is 5.82 Å². The minimum atomic E-state index is -1.04. The smallest absolute Gasteiger partial charge is 0.304 e. The molecule has 0 bridgehead atoms. The number of halogens is 1. The molecule has 0 saturated heterocycles. The first-order valence-corrected chi connectivity index (χ1v) is 5.70. The fourth-order valence-corrected chi connectivity index (χ4v) is 1.49. The number of hydrogen-bond acceptors (Lipinski definition) is 4. The van der Waals surface area contributed by atoms with Crippen LogP contribution in [0.2, 0.25) is 0 Å². The van der Waals surface area contributed by atoms with E-state index in [1.54, 1.807) is 6.92 Å². The second-order valence-corrected chi connectivity index (χ2v) is 4.29. The normalized spacial score (nSPS) is 12.0. The van der Waals surface area contributed by atoms with Crippen LogP contribution in [0.25, 0.3) is 0 Å². The Kier molecular flexibility index (Phi) is 4.94. The van der Waals surface area contributed by atoms with E-state index in [9.17, 15) is 19.3 Å². The maximum absolute atomic E-state index is 13.4. The van der Waals surface area contributed by atoms with Gasteiger partial charge in [-0.1, -0.05) is 0 Å². The summed E-state index contributed by atoms with van der Waals surface area (Å²) in [6.45, 7) is 1.92. The molecule has 0 aliphatic heterocycles. The van der Waals surface area contributed by atoms with E-state index in [-0.39, 0.29) is 5.56 Å². The van der Waals surface area contributed by atoms with Crippen LogP contribution in [0.4, 0.5) is 10.1 Å². The highest BCUT2D eigenvalue weighted by Crippen LogP contribution is 2.18. The average molecular weight is 270 g/mol. The first-order valence-electron chi connectivity index (χ1n) is 5.70. The van der Waals surface area contributed by atoms with Crippen molar-refractivity contribution in [1.82, 2.24) is 4.90 Å². The van der Waals surface area contributed by atoms with Crippen LogP contribution in [-0.4, -0.2) is 40.5 Å². The number of rotatable bonds is 5. The molecule has 0 saturated carbocycles. The minimum absolute atomic E-state index is 0.0381. The summed E-state index contributed by atoms with van der Waals surface area (Å²) in [6, 6.07) is 3.02. The monoisotopic (exact) mass is 270 g/mol. The molecule has 0 heterocycles. The lowest BCUT2D eigenvalue weighted by atomic mass is 10.1. The van der Waals surface area contributed by atoms with E-state index in [0.29, 0.717) is 13.0 Å². The molecule has 6 nitrogen and oxygen atoms in total. The van der Waals surface area contributed by atoms with Crippen LogP contribution in [0.3, 0.4) is 0 Å². The molecule has 0 aliphatic carbocycles. The zero-order chi connectivity index (χ0) is 14.6. The Balaban J connectivity index is 2.83. The van der Waals surface area contributed by atoms with Crippen molar-refractivity contribution in [3.05, 3.63) is 39.7 Å². The van der Waals surface area contributed by atoms with E-state index in [2.05, 4.69) is 0 Å². The first-order chi connectivity index (χ1) is 8.82. The number of aliphatic hydroxyl groups excluding tert-OH is 1. The molecule has 104 valence electrons. The number of hydrogen-bond donors (Lipinski definition) is 1. The maximum Gasteiger partial charge on any atom is 0.304 e. The van der Waals surface area contributed by atoms with Crippen LogP contribution in [-0.2, 0) is 0 Å². The maximum atomic E-state index is 13.4. The van der Waals surface area contributed by atoms with Crippen molar-refractivity contribution in [3.63, 3.8) is 0 Å². The Morgan fingerprint density at radius 2 is 2.21 bits per heavy atom. The van der Waals surface area contributed by atoms with Gasteiger partial charge >= 0.3 is 5.69 Å². The highest BCUT2D eigenvalue weighted by Gasteiger charge is 2.18. The van der Waals surface area contributed by atoms with Gasteiger partial charge in [0.05, 0.1) is 11.0 Å². The molecule has 1 rings (SSSR count). The molecule has 19 heavy (non-hydrogen) atoms. The fraction of sp³-hybridized carbons (Fsp3) is 0.417. The minimum Gasteiger partial charge on any atom is -0.393 e. The Labute approximate surface area is 109 Å². The molecule has 0 aliphatic rings. The van der Waals surface area contributed by atoms with Crippen LogP contribution in [0.15, 0.2) is 18.2 Å². The van der Waals surface area contributed by atoms with E-state index >= 15 is 0 Å². The van der Waals surface area contributed by atoms with Crippen molar-refractivity contribution in [1.29, 1.82) is 0 Å². The summed E-state index contributed by atoms with van der Waals surface area (Å²) in [5, 5.41) is 19.6. The summed E-state index contributed by atoms with van der Waals surface area (Å²) in [5.41, 5.74) is -0.626. The van der Waals surface area contributed by atoms with E-state index in [1.165, 1.54) is 18.0 Å². The number of carbonyl (C=O) groups is 1. The van der Waals surface area contributed by atoms with Crippen LogP contribution in [0, 0.1) is 15.9 Å². The molecule has 1 atom stereocenters. The second-order valence-electron chi connectivity index (χ2n) is 4.29. The molecule has 0 aromatic heterocycles. The zero-order valence-electron chi connectivity index (χ0n) is 10.7. The highest BCUT2D eigenvalue weighted by molar-refractivity contribution is 5.94. The van der Waals surface area contributed by atoms with Crippen molar-refractivity contribution in [2.75, 3.05) is 13.6 Å². The largest absolute Gasteiger partial charge is 0.393 e. The van der Waals surface area contributed by atoms with Crippen LogP contribution < -0.4 is 0 Å². The molecule has 0 radical (unpaired) electrons. The lowest BCUT2D eigenvalue weighted by molar-refractivity contribution is -0.387. The number of nitrogens with zero attached hydrogens (tertiary/aromatic N) is 2. The van der Waals surface area contributed by atoms with E-state index in [4.69, 9.17) is 5.11 Å². The van der Waals surface area contributed by atoms with Gasteiger partial charge in [0.1, 0.15) is 0 Å². The molecule has 1 aromatic rings. The summed E-state index contributed by atoms with van der Waals surface area (Å²) in [7, 11) is 1.52. The van der Waals surface area contributed by atoms with E-state index in [0.717, 1.165) is 12.1 Å². The number of aliphatic hydroxyl groups is 1. The summed E-state index contributed by atoms with van der Waals surface area (Å²) in [4.78, 5) is 22.8. The Bertz CT molecular complexity index is 491. The molecule has 0 fully saturated rings. The van der Waals surface area contributed by atoms with Crippen LogP contribution in [0.1, 0.15) is 23.7 Å². The molecule has 1 unspecified atom stereocenters. The Morgan fingerprint density at radius 3 is 2.68 bits per heavy atom. The van der Waals surface area contributed by atoms with Gasteiger partial charge in [0, 0.05) is 25.2 Å². The molecule has 7 heteroatoms. The predicted octanol–water partition coefficient (Wildman–Crippen LogP) is 1.58. The van der Waals surface area contributed by atoms with Crippen LogP contribution in [0.5, 0.6) is 0 Å². The number of carbonyl (C=O) groups excluding carboxylic acids is 1. The van der Waals surface area contributed by atoms with Gasteiger partial charge in [-0.15, -0.1) is 0 Å². The van der Waals surface area contributed by atoms with Crippen LogP contribution >= 0.6 is 0 Å². The summed E-state index contributed by atoms with van der Waals surface area (Å²) in [5.74, 6) is -1.49. The van der Waals surface area contributed by atoms with Crippen molar-refractivity contribution in [3.8, 4) is 0 Å². The Hall–Kier alpha value is -2.02. The molecule has 1 N–H and O–H groups in total. The van der Waals surface area contributed by atoms with Gasteiger partial charge in [0.15, 0.2) is 0 Å². The van der Waals surface area contributed by atoms with Gasteiger partial charge in [-0.3, -0.25) is 14.9 Å². The summed E-state index contributed by atoms with van der Waals surface area (Å²) < 4.78 is 13.4. The van der Waals surface area contributed by atoms with Crippen molar-refractivity contribution in [2.45, 2.75) is 19.4 Å². The van der Waals surface area contributed by atoms with Gasteiger partial charge in [-0.05, 0) is 25.5 Å². The quantitative estimate of drug-likeness (QED) is 0.650. The number of benzene rings is 1. The van der Waals surface area contributed by atoms with E-state index in [1.807, 2.05) is 0 Å². The lowest BCUT2D eigenvalue weighted by Gasteiger charge is -2.18. The van der Waals surface area contributed by atoms with Gasteiger partial charge in [-0.25, -0.2) is 0 Å². The van der Waals surface area contributed by atoms with Crippen molar-refractivity contribution in [2.24, 2.45) is 0 Å². The summed E-state index contributed by atoms with van der Waals surface area (Å²) in [6.07, 6.45) is -0.138. The Morgan fingerprint density at radius 1 is 1.58 bits per heavy atom. The third-order valence-electron chi connectivity index (χ3n) is 2.62. The highest BCUT2D eigenvalue weighted by atomic mass is 19.1. The standard InChI is InChI=1S/C12H15FN2O4/c1-8(16)5-6-14(2)12(17)9-3-4-11(15(18)19)10(13)7-9/h3-4,7-8,16H,5-6H2,1-2H3. The van der Waals surface area contributed by atoms with E-state index < -0.39 is 28.4 Å². The second kappa shape index (κ2) is 6.24. The molecule has 1 aromatic carbocycles. The molecular formula is C12H15FN2O4. The number of nitro benzene ring substituents is 1. The van der Waals surface area contributed by atoms with Gasteiger partial charge in [-0.2, -0.15) is 4.39 Å². The predicted molar refractivity (Wildman–Crippen MR) is 66.3 cm³/mol. The fourth-order valence-electron chi connectivity index (χ4n) is 1.49. The molecule has 0 spiro atoms. The first kappa shape index (κ1) is 15.0. The van der Waals surface area contributed by atoms with Crippen molar-refractivity contribution >= 4 is 11.6 Å². The molecular weight excluding hydrogens is 255 g/mol. The number of amides is 1. The summed E-state index contributed by atoms with van der Waals surface area (Å²) >= 11 is 0. The topological polar surface area (TPSA) is 83.7 Å². The molecule has 1 amide bonds. The zero-order valence-corrected chi connectivity index (χ0v) is 10.7.